The molecule has 0 aliphatic heterocycles. The molecule has 0 amide bonds. The summed E-state index contributed by atoms with van der Waals surface area (Å²) in [6.07, 6.45) is 5.15. The normalized spacial score (nSPS) is 25.1. The van der Waals surface area contributed by atoms with Crippen LogP contribution >= 0.6 is 0 Å². The van der Waals surface area contributed by atoms with E-state index in [1.807, 2.05) is 18.2 Å². The zero-order valence-corrected chi connectivity index (χ0v) is 10.6. The van der Waals surface area contributed by atoms with Crippen molar-refractivity contribution in [3.05, 3.63) is 29.3 Å². The van der Waals surface area contributed by atoms with Gasteiger partial charge in [-0.2, -0.15) is 0 Å². The van der Waals surface area contributed by atoms with E-state index in [1.165, 1.54) is 0 Å². The molecule has 2 aliphatic rings. The van der Waals surface area contributed by atoms with Gasteiger partial charge >= 0.3 is 0 Å². The molecule has 1 fully saturated rings. The van der Waals surface area contributed by atoms with Gasteiger partial charge in [-0.25, -0.2) is 0 Å². The molecule has 1 aromatic rings. The van der Waals surface area contributed by atoms with Crippen LogP contribution in [0, 0.1) is 0 Å². The molecule has 0 saturated heterocycles. The van der Waals surface area contributed by atoms with Gasteiger partial charge in [-0.05, 0) is 37.3 Å². The van der Waals surface area contributed by atoms with Gasteiger partial charge in [0.1, 0.15) is 12.4 Å². The van der Waals surface area contributed by atoms with E-state index in [1.54, 1.807) is 0 Å². The molecule has 0 aromatic heterocycles. The van der Waals surface area contributed by atoms with E-state index in [0.29, 0.717) is 6.61 Å². The van der Waals surface area contributed by atoms with Gasteiger partial charge in [0.25, 0.3) is 0 Å². The van der Waals surface area contributed by atoms with E-state index in [2.05, 4.69) is 0 Å². The molecule has 0 heterocycles. The van der Waals surface area contributed by atoms with Crippen molar-refractivity contribution in [3.63, 3.8) is 0 Å². The van der Waals surface area contributed by atoms with E-state index in [-0.39, 0.29) is 6.10 Å². The van der Waals surface area contributed by atoms with Crippen molar-refractivity contribution in [2.45, 2.75) is 50.2 Å². The molecule has 0 bridgehead atoms. The van der Waals surface area contributed by atoms with Gasteiger partial charge < -0.3 is 14.9 Å². The Hall–Kier alpha value is -1.06. The highest BCUT2D eigenvalue weighted by atomic mass is 16.5. The fourth-order valence-electron chi connectivity index (χ4n) is 3.12. The smallest absolute Gasteiger partial charge is 0.123 e. The molecule has 3 nitrogen and oxygen atoms in total. The number of aliphatic hydroxyl groups is 2. The standard InChI is InChI=1S/C15H20O3/c16-13-7-6-12-11(13)4-3-5-14(12)18-10-15(17)8-1-2-9-15/h3-5,13,16-17H,1-2,6-10H2. The van der Waals surface area contributed by atoms with Crippen molar-refractivity contribution < 1.29 is 14.9 Å². The first kappa shape index (κ1) is 12.0. The van der Waals surface area contributed by atoms with Gasteiger partial charge in [0.2, 0.25) is 0 Å². The maximum absolute atomic E-state index is 10.3. The number of hydrogen-bond donors (Lipinski definition) is 2. The SMILES string of the molecule is OC1CCc2c(OCC3(O)CCCC3)cccc21. The molecule has 1 atom stereocenters. The summed E-state index contributed by atoms with van der Waals surface area (Å²) in [6.45, 7) is 0.375. The highest BCUT2D eigenvalue weighted by Crippen LogP contribution is 2.37. The Kier molecular flexibility index (Phi) is 3.04. The maximum Gasteiger partial charge on any atom is 0.123 e. The van der Waals surface area contributed by atoms with Gasteiger partial charge in [-0.1, -0.05) is 25.0 Å². The summed E-state index contributed by atoms with van der Waals surface area (Å²) in [6, 6.07) is 5.82. The third-order valence-electron chi connectivity index (χ3n) is 4.23. The number of ether oxygens (including phenoxy) is 1. The van der Waals surface area contributed by atoms with Crippen molar-refractivity contribution in [1.82, 2.24) is 0 Å². The van der Waals surface area contributed by atoms with Gasteiger partial charge in [0, 0.05) is 5.56 Å². The van der Waals surface area contributed by atoms with Crippen molar-refractivity contribution in [2.75, 3.05) is 6.61 Å². The van der Waals surface area contributed by atoms with Gasteiger partial charge in [-0.15, -0.1) is 0 Å². The van der Waals surface area contributed by atoms with Crippen molar-refractivity contribution in [1.29, 1.82) is 0 Å². The Morgan fingerprint density at radius 1 is 1.28 bits per heavy atom. The first-order valence-electron chi connectivity index (χ1n) is 6.83. The quantitative estimate of drug-likeness (QED) is 0.863. The summed E-state index contributed by atoms with van der Waals surface area (Å²) >= 11 is 0. The molecule has 3 heteroatoms. The summed E-state index contributed by atoms with van der Waals surface area (Å²) < 4.78 is 5.82. The first-order valence-corrected chi connectivity index (χ1v) is 6.83. The average molecular weight is 248 g/mol. The lowest BCUT2D eigenvalue weighted by Gasteiger charge is -2.23. The van der Waals surface area contributed by atoms with Crippen LogP contribution in [-0.2, 0) is 6.42 Å². The second-order valence-corrected chi connectivity index (χ2v) is 5.60. The molecule has 98 valence electrons. The van der Waals surface area contributed by atoms with E-state index in [4.69, 9.17) is 4.74 Å². The van der Waals surface area contributed by atoms with Crippen LogP contribution in [0.1, 0.15) is 49.3 Å². The molecule has 1 saturated carbocycles. The number of rotatable bonds is 3. The lowest BCUT2D eigenvalue weighted by molar-refractivity contribution is 0.00116. The monoisotopic (exact) mass is 248 g/mol. The largest absolute Gasteiger partial charge is 0.490 e. The first-order chi connectivity index (χ1) is 8.68. The Morgan fingerprint density at radius 2 is 2.06 bits per heavy atom. The topological polar surface area (TPSA) is 49.7 Å². The second kappa shape index (κ2) is 4.56. The van der Waals surface area contributed by atoms with E-state index >= 15 is 0 Å². The highest BCUT2D eigenvalue weighted by Gasteiger charge is 2.32. The lowest BCUT2D eigenvalue weighted by Crippen LogP contribution is -2.32. The van der Waals surface area contributed by atoms with Crippen LogP contribution in [0.25, 0.3) is 0 Å². The van der Waals surface area contributed by atoms with Crippen molar-refractivity contribution >= 4 is 0 Å². The summed E-state index contributed by atoms with van der Waals surface area (Å²) in [5, 5.41) is 20.1. The molecular weight excluding hydrogens is 228 g/mol. The van der Waals surface area contributed by atoms with Crippen LogP contribution in [0.2, 0.25) is 0 Å². The van der Waals surface area contributed by atoms with Gasteiger partial charge in [0.15, 0.2) is 0 Å². The zero-order chi connectivity index (χ0) is 12.6. The van der Waals surface area contributed by atoms with E-state index in [9.17, 15) is 10.2 Å². The van der Waals surface area contributed by atoms with Crippen LogP contribution in [0.3, 0.4) is 0 Å². The van der Waals surface area contributed by atoms with Crippen LogP contribution in [-0.4, -0.2) is 22.4 Å². The summed E-state index contributed by atoms with van der Waals surface area (Å²) in [5.74, 6) is 0.837. The third-order valence-corrected chi connectivity index (χ3v) is 4.23. The predicted octanol–water partition coefficient (Wildman–Crippen LogP) is 2.35. The Morgan fingerprint density at radius 3 is 2.83 bits per heavy atom. The lowest BCUT2D eigenvalue weighted by atomic mass is 10.0. The number of benzene rings is 1. The fraction of sp³-hybridized carbons (Fsp3) is 0.600. The minimum absolute atomic E-state index is 0.349. The summed E-state index contributed by atoms with van der Waals surface area (Å²) in [7, 11) is 0. The van der Waals surface area contributed by atoms with E-state index in [0.717, 1.165) is 55.4 Å². The zero-order valence-electron chi connectivity index (χ0n) is 10.6. The predicted molar refractivity (Wildman–Crippen MR) is 68.6 cm³/mol. The van der Waals surface area contributed by atoms with Crippen LogP contribution < -0.4 is 4.74 Å². The van der Waals surface area contributed by atoms with Gasteiger partial charge in [-0.3, -0.25) is 0 Å². The van der Waals surface area contributed by atoms with Crippen LogP contribution in [0.4, 0.5) is 0 Å². The average Bonchev–Trinajstić information content (AvgIpc) is 2.96. The van der Waals surface area contributed by atoms with Gasteiger partial charge in [0.05, 0.1) is 11.7 Å². The molecule has 3 rings (SSSR count). The second-order valence-electron chi connectivity index (χ2n) is 5.60. The van der Waals surface area contributed by atoms with Crippen molar-refractivity contribution in [2.24, 2.45) is 0 Å². The number of fused-ring (bicyclic) bond motifs is 1. The fourth-order valence-corrected chi connectivity index (χ4v) is 3.12. The molecule has 2 N–H and O–H groups in total. The molecule has 18 heavy (non-hydrogen) atoms. The Labute approximate surface area is 107 Å². The number of hydrogen-bond acceptors (Lipinski definition) is 3. The Balaban J connectivity index is 1.74. The molecular formula is C15H20O3. The molecule has 2 aliphatic carbocycles. The van der Waals surface area contributed by atoms with Crippen LogP contribution in [0.15, 0.2) is 18.2 Å². The molecule has 0 spiro atoms. The Bertz CT molecular complexity index is 435. The van der Waals surface area contributed by atoms with E-state index < -0.39 is 5.60 Å². The minimum atomic E-state index is -0.639. The number of aliphatic hydroxyl groups excluding tert-OH is 1. The molecule has 1 unspecified atom stereocenters. The highest BCUT2D eigenvalue weighted by molar-refractivity contribution is 5.44. The molecule has 1 aromatic carbocycles. The molecule has 0 radical (unpaired) electrons. The van der Waals surface area contributed by atoms with Crippen LogP contribution in [0.5, 0.6) is 5.75 Å². The third kappa shape index (κ3) is 2.13. The maximum atomic E-state index is 10.3. The summed E-state index contributed by atoms with van der Waals surface area (Å²) in [5.41, 5.74) is 1.47. The minimum Gasteiger partial charge on any atom is -0.490 e. The summed E-state index contributed by atoms with van der Waals surface area (Å²) in [4.78, 5) is 0. The van der Waals surface area contributed by atoms with Crippen molar-refractivity contribution in [3.8, 4) is 5.75 Å².